The second-order valence-corrected chi connectivity index (χ2v) is 4.95. The van der Waals surface area contributed by atoms with E-state index in [1.54, 1.807) is 12.4 Å². The fourth-order valence-electron chi connectivity index (χ4n) is 2.27. The zero-order valence-corrected chi connectivity index (χ0v) is 11.4. The molecule has 0 spiro atoms. The number of nitrogens with one attached hydrogen (secondary N) is 1. The molecule has 2 rings (SSSR count). The van der Waals surface area contributed by atoms with Crippen LogP contribution in [-0.4, -0.2) is 16.5 Å². The standard InChI is InChI=1S/C15H21N3/c1-4-8-17-14(11(2)3)12-6-5-7-13-15(12)18-10-9-16-13/h5-7,9-11,14,17H,4,8H2,1-3H3. The summed E-state index contributed by atoms with van der Waals surface area (Å²) >= 11 is 0. The predicted octanol–water partition coefficient (Wildman–Crippen LogP) is 3.33. The van der Waals surface area contributed by atoms with Crippen LogP contribution in [0.15, 0.2) is 30.6 Å². The van der Waals surface area contributed by atoms with E-state index in [4.69, 9.17) is 0 Å². The molecular formula is C15H21N3. The number of fused-ring (bicyclic) bond motifs is 1. The van der Waals surface area contributed by atoms with Gasteiger partial charge in [-0.3, -0.25) is 9.97 Å². The van der Waals surface area contributed by atoms with Crippen LogP contribution in [0.1, 0.15) is 38.8 Å². The van der Waals surface area contributed by atoms with Crippen LogP contribution in [0.25, 0.3) is 11.0 Å². The van der Waals surface area contributed by atoms with Crippen molar-refractivity contribution in [3.8, 4) is 0 Å². The van der Waals surface area contributed by atoms with Crippen molar-refractivity contribution in [2.75, 3.05) is 6.54 Å². The van der Waals surface area contributed by atoms with Crippen LogP contribution in [0, 0.1) is 5.92 Å². The molecule has 0 saturated carbocycles. The fraction of sp³-hybridized carbons (Fsp3) is 0.467. The molecule has 1 heterocycles. The lowest BCUT2D eigenvalue weighted by molar-refractivity contribution is 0.414. The molecule has 1 aromatic heterocycles. The van der Waals surface area contributed by atoms with E-state index in [0.29, 0.717) is 12.0 Å². The Morgan fingerprint density at radius 1 is 1.17 bits per heavy atom. The minimum atomic E-state index is 0.338. The van der Waals surface area contributed by atoms with Gasteiger partial charge in [-0.1, -0.05) is 32.9 Å². The minimum absolute atomic E-state index is 0.338. The van der Waals surface area contributed by atoms with E-state index in [1.165, 1.54) is 5.56 Å². The van der Waals surface area contributed by atoms with Crippen LogP contribution in [0.3, 0.4) is 0 Å². The van der Waals surface area contributed by atoms with E-state index in [9.17, 15) is 0 Å². The molecule has 0 aliphatic rings. The molecule has 18 heavy (non-hydrogen) atoms. The normalized spacial score (nSPS) is 13.1. The van der Waals surface area contributed by atoms with E-state index in [1.807, 2.05) is 6.07 Å². The number of nitrogens with zero attached hydrogens (tertiary/aromatic N) is 2. The molecule has 0 bridgehead atoms. The number of hydrogen-bond acceptors (Lipinski definition) is 3. The lowest BCUT2D eigenvalue weighted by Crippen LogP contribution is -2.26. The summed E-state index contributed by atoms with van der Waals surface area (Å²) in [5, 5.41) is 3.61. The Kier molecular flexibility index (Phi) is 4.26. The fourth-order valence-corrected chi connectivity index (χ4v) is 2.27. The zero-order valence-electron chi connectivity index (χ0n) is 11.4. The van der Waals surface area contributed by atoms with Crippen LogP contribution >= 0.6 is 0 Å². The maximum Gasteiger partial charge on any atom is 0.0934 e. The van der Waals surface area contributed by atoms with Crippen LogP contribution in [0.2, 0.25) is 0 Å². The summed E-state index contributed by atoms with van der Waals surface area (Å²) < 4.78 is 0. The smallest absolute Gasteiger partial charge is 0.0934 e. The summed E-state index contributed by atoms with van der Waals surface area (Å²) in [6.45, 7) is 7.69. The van der Waals surface area contributed by atoms with Gasteiger partial charge in [-0.15, -0.1) is 0 Å². The third-order valence-corrected chi connectivity index (χ3v) is 3.15. The first kappa shape index (κ1) is 13.0. The molecule has 0 aliphatic carbocycles. The van der Waals surface area contributed by atoms with Crippen LogP contribution < -0.4 is 5.32 Å². The van der Waals surface area contributed by atoms with Crippen molar-refractivity contribution in [2.45, 2.75) is 33.2 Å². The second-order valence-electron chi connectivity index (χ2n) is 4.95. The van der Waals surface area contributed by atoms with E-state index in [2.05, 4.69) is 48.2 Å². The molecule has 0 saturated heterocycles. The average molecular weight is 243 g/mol. The highest BCUT2D eigenvalue weighted by molar-refractivity contribution is 5.78. The highest BCUT2D eigenvalue weighted by atomic mass is 14.9. The van der Waals surface area contributed by atoms with Gasteiger partial charge in [0.25, 0.3) is 0 Å². The second kappa shape index (κ2) is 5.91. The summed E-state index contributed by atoms with van der Waals surface area (Å²) in [6.07, 6.45) is 4.65. The summed E-state index contributed by atoms with van der Waals surface area (Å²) in [4.78, 5) is 8.86. The SMILES string of the molecule is CCCNC(c1cccc2nccnc12)C(C)C. The van der Waals surface area contributed by atoms with Gasteiger partial charge < -0.3 is 5.32 Å². The third-order valence-electron chi connectivity index (χ3n) is 3.15. The Morgan fingerprint density at radius 3 is 2.67 bits per heavy atom. The van der Waals surface area contributed by atoms with E-state index >= 15 is 0 Å². The maximum absolute atomic E-state index is 4.49. The molecule has 0 amide bonds. The number of para-hydroxylation sites is 1. The van der Waals surface area contributed by atoms with Crippen molar-refractivity contribution in [1.29, 1.82) is 0 Å². The quantitative estimate of drug-likeness (QED) is 0.875. The molecule has 1 N–H and O–H groups in total. The van der Waals surface area contributed by atoms with Crippen LogP contribution in [0.4, 0.5) is 0 Å². The van der Waals surface area contributed by atoms with Crippen molar-refractivity contribution < 1.29 is 0 Å². The molecule has 1 atom stereocenters. The Balaban J connectivity index is 2.43. The van der Waals surface area contributed by atoms with Gasteiger partial charge in [0.15, 0.2) is 0 Å². The summed E-state index contributed by atoms with van der Waals surface area (Å²) in [5.41, 5.74) is 3.24. The largest absolute Gasteiger partial charge is 0.310 e. The lowest BCUT2D eigenvalue weighted by atomic mass is 9.94. The van der Waals surface area contributed by atoms with Crippen molar-refractivity contribution in [1.82, 2.24) is 15.3 Å². The van der Waals surface area contributed by atoms with Crippen molar-refractivity contribution in [2.24, 2.45) is 5.92 Å². The molecule has 2 aromatic rings. The third kappa shape index (κ3) is 2.67. The Labute approximate surface area is 109 Å². The Morgan fingerprint density at radius 2 is 1.94 bits per heavy atom. The van der Waals surface area contributed by atoms with Gasteiger partial charge in [-0.25, -0.2) is 0 Å². The van der Waals surface area contributed by atoms with E-state index in [0.717, 1.165) is 24.0 Å². The summed E-state index contributed by atoms with van der Waals surface area (Å²) in [7, 11) is 0. The summed E-state index contributed by atoms with van der Waals surface area (Å²) in [6, 6.07) is 6.58. The number of rotatable bonds is 5. The Bertz CT molecular complexity index is 503. The zero-order chi connectivity index (χ0) is 13.0. The lowest BCUT2D eigenvalue weighted by Gasteiger charge is -2.23. The van der Waals surface area contributed by atoms with E-state index in [-0.39, 0.29) is 0 Å². The first-order valence-corrected chi connectivity index (χ1v) is 6.67. The molecule has 0 radical (unpaired) electrons. The van der Waals surface area contributed by atoms with Gasteiger partial charge in [0, 0.05) is 18.4 Å². The molecule has 0 fully saturated rings. The molecule has 0 aliphatic heterocycles. The van der Waals surface area contributed by atoms with Gasteiger partial charge >= 0.3 is 0 Å². The van der Waals surface area contributed by atoms with Crippen molar-refractivity contribution in [3.05, 3.63) is 36.2 Å². The minimum Gasteiger partial charge on any atom is -0.310 e. The summed E-state index contributed by atoms with van der Waals surface area (Å²) in [5.74, 6) is 0.532. The molecule has 3 nitrogen and oxygen atoms in total. The number of benzene rings is 1. The van der Waals surface area contributed by atoms with Crippen LogP contribution in [-0.2, 0) is 0 Å². The first-order chi connectivity index (χ1) is 8.74. The Hall–Kier alpha value is -1.48. The predicted molar refractivity (Wildman–Crippen MR) is 75.4 cm³/mol. The molecular weight excluding hydrogens is 222 g/mol. The van der Waals surface area contributed by atoms with Gasteiger partial charge in [-0.05, 0) is 30.5 Å². The van der Waals surface area contributed by atoms with Gasteiger partial charge in [-0.2, -0.15) is 0 Å². The van der Waals surface area contributed by atoms with Crippen molar-refractivity contribution >= 4 is 11.0 Å². The highest BCUT2D eigenvalue weighted by Crippen LogP contribution is 2.26. The topological polar surface area (TPSA) is 37.8 Å². The van der Waals surface area contributed by atoms with Gasteiger partial charge in [0.1, 0.15) is 0 Å². The monoisotopic (exact) mass is 243 g/mol. The maximum atomic E-state index is 4.49. The highest BCUT2D eigenvalue weighted by Gasteiger charge is 2.17. The first-order valence-electron chi connectivity index (χ1n) is 6.67. The van der Waals surface area contributed by atoms with E-state index < -0.39 is 0 Å². The number of aromatic nitrogens is 2. The molecule has 1 aromatic carbocycles. The van der Waals surface area contributed by atoms with Crippen LogP contribution in [0.5, 0.6) is 0 Å². The molecule has 96 valence electrons. The van der Waals surface area contributed by atoms with Gasteiger partial charge in [0.05, 0.1) is 11.0 Å². The molecule has 3 heteroatoms. The average Bonchev–Trinajstić information content (AvgIpc) is 2.39. The van der Waals surface area contributed by atoms with Crippen molar-refractivity contribution in [3.63, 3.8) is 0 Å². The number of hydrogen-bond donors (Lipinski definition) is 1. The van der Waals surface area contributed by atoms with Gasteiger partial charge in [0.2, 0.25) is 0 Å². The molecule has 1 unspecified atom stereocenters.